The number of rotatable bonds is 5. The van der Waals surface area contributed by atoms with Gasteiger partial charge >= 0.3 is 0 Å². The van der Waals surface area contributed by atoms with E-state index in [1.165, 1.54) is 4.90 Å². The second-order valence-electron chi connectivity index (χ2n) is 4.92. The smallest absolute Gasteiger partial charge is 0.244 e. The monoisotopic (exact) mass is 244 g/mol. The van der Waals surface area contributed by atoms with Crippen LogP contribution in [0.3, 0.4) is 0 Å². The zero-order chi connectivity index (χ0) is 13.8. The molecule has 0 aromatic heterocycles. The Morgan fingerprint density at radius 2 is 1.82 bits per heavy atom. The number of nitrogens with one attached hydrogen (secondary N) is 1. The third-order valence-electron chi connectivity index (χ3n) is 3.02. The van der Waals surface area contributed by atoms with Crippen molar-refractivity contribution >= 4 is 11.8 Å². The molecule has 2 amide bonds. The quantitative estimate of drug-likeness (QED) is 0.740. The van der Waals surface area contributed by atoms with Gasteiger partial charge in [0.2, 0.25) is 11.8 Å². The molecule has 2 unspecified atom stereocenters. The Morgan fingerprint density at radius 1 is 1.35 bits per heavy atom. The second-order valence-corrected chi connectivity index (χ2v) is 4.92. The molecular weight excluding hydrogens is 220 g/mol. The molecule has 0 radical (unpaired) electrons. The van der Waals surface area contributed by atoms with Crippen LogP contribution in [0.5, 0.6) is 0 Å². The van der Waals surface area contributed by atoms with Gasteiger partial charge in [-0.3, -0.25) is 9.59 Å². The fourth-order valence-corrected chi connectivity index (χ4v) is 1.38. The Morgan fingerprint density at radius 3 is 2.18 bits per heavy atom. The van der Waals surface area contributed by atoms with Crippen LogP contribution in [0.1, 0.15) is 41.0 Å². The molecule has 100 valence electrons. The number of nitrogens with zero attached hydrogens (tertiary/aromatic N) is 1. The van der Waals surface area contributed by atoms with Gasteiger partial charge in [0, 0.05) is 13.5 Å². The molecule has 0 bridgehead atoms. The van der Waals surface area contributed by atoms with Gasteiger partial charge in [0.15, 0.2) is 0 Å². The molecule has 5 nitrogen and oxygen atoms in total. The first kappa shape index (κ1) is 15.9. The van der Waals surface area contributed by atoms with Gasteiger partial charge in [0.25, 0.3) is 0 Å². The zero-order valence-electron chi connectivity index (χ0n) is 11.6. The minimum absolute atomic E-state index is 0.157. The third-order valence-corrected chi connectivity index (χ3v) is 3.02. The maximum atomic E-state index is 12.0. The van der Waals surface area contributed by atoms with Gasteiger partial charge in [-0.2, -0.15) is 0 Å². The summed E-state index contributed by atoms with van der Waals surface area (Å²) in [6.07, 6.45) is 0.350. The van der Waals surface area contributed by atoms with Crippen LogP contribution in [-0.4, -0.2) is 46.6 Å². The van der Waals surface area contributed by atoms with Gasteiger partial charge in [0.05, 0.1) is 11.6 Å². The van der Waals surface area contributed by atoms with Crippen LogP contribution < -0.4 is 5.32 Å². The van der Waals surface area contributed by atoms with Crippen molar-refractivity contribution < 1.29 is 14.7 Å². The summed E-state index contributed by atoms with van der Waals surface area (Å²) in [5.74, 6) is -0.364. The van der Waals surface area contributed by atoms with Gasteiger partial charge in [-0.1, -0.05) is 6.92 Å². The number of hydrogen-bond acceptors (Lipinski definition) is 3. The highest BCUT2D eigenvalue weighted by molar-refractivity contribution is 5.87. The highest BCUT2D eigenvalue weighted by Gasteiger charge is 2.31. The van der Waals surface area contributed by atoms with E-state index in [0.29, 0.717) is 6.42 Å². The van der Waals surface area contributed by atoms with Gasteiger partial charge in [-0.05, 0) is 27.7 Å². The average molecular weight is 244 g/mol. The maximum Gasteiger partial charge on any atom is 0.244 e. The average Bonchev–Trinajstić information content (AvgIpc) is 2.24. The molecule has 0 heterocycles. The van der Waals surface area contributed by atoms with E-state index >= 15 is 0 Å². The number of hydrogen-bond donors (Lipinski definition) is 2. The normalized spacial score (nSPS) is 15.0. The van der Waals surface area contributed by atoms with Crippen LogP contribution >= 0.6 is 0 Å². The van der Waals surface area contributed by atoms with E-state index < -0.39 is 11.6 Å². The standard InChI is InChI=1S/C12H24N2O3/c1-7-10(15)13-8(2)11(16)14(6)9(3)12(4,5)17/h8-9,17H,7H2,1-6H3,(H,13,15). The summed E-state index contributed by atoms with van der Waals surface area (Å²) in [5.41, 5.74) is -0.973. The Balaban J connectivity index is 4.55. The van der Waals surface area contributed by atoms with E-state index in [9.17, 15) is 14.7 Å². The maximum absolute atomic E-state index is 12.0. The first-order chi connectivity index (χ1) is 7.61. The van der Waals surface area contributed by atoms with E-state index in [1.54, 1.807) is 41.7 Å². The predicted octanol–water partition coefficient (Wildman–Crippen LogP) is 0.519. The highest BCUT2D eigenvalue weighted by atomic mass is 16.3. The van der Waals surface area contributed by atoms with E-state index in [4.69, 9.17) is 0 Å². The predicted molar refractivity (Wildman–Crippen MR) is 66.4 cm³/mol. The van der Waals surface area contributed by atoms with Gasteiger partial charge < -0.3 is 15.3 Å². The van der Waals surface area contributed by atoms with Gasteiger partial charge in [0.1, 0.15) is 6.04 Å². The lowest BCUT2D eigenvalue weighted by molar-refractivity contribution is -0.140. The van der Waals surface area contributed by atoms with Crippen LogP contribution in [0.25, 0.3) is 0 Å². The number of amides is 2. The summed E-state index contributed by atoms with van der Waals surface area (Å²) in [4.78, 5) is 24.6. The van der Waals surface area contributed by atoms with Crippen molar-refractivity contribution in [1.82, 2.24) is 10.2 Å². The molecule has 17 heavy (non-hydrogen) atoms. The second kappa shape index (κ2) is 6.00. The van der Waals surface area contributed by atoms with Crippen molar-refractivity contribution in [1.29, 1.82) is 0 Å². The molecule has 0 aliphatic carbocycles. The summed E-state index contributed by atoms with van der Waals surface area (Å²) >= 11 is 0. The summed E-state index contributed by atoms with van der Waals surface area (Å²) in [7, 11) is 1.62. The molecule has 0 saturated heterocycles. The Labute approximate surface area is 103 Å². The first-order valence-corrected chi connectivity index (χ1v) is 5.89. The topological polar surface area (TPSA) is 69.6 Å². The number of carbonyl (C=O) groups excluding carboxylic acids is 2. The van der Waals surface area contributed by atoms with E-state index in [2.05, 4.69) is 5.32 Å². The van der Waals surface area contributed by atoms with Crippen molar-refractivity contribution in [2.24, 2.45) is 0 Å². The van der Waals surface area contributed by atoms with Crippen molar-refractivity contribution in [3.8, 4) is 0 Å². The molecule has 2 N–H and O–H groups in total. The summed E-state index contributed by atoms with van der Waals surface area (Å²) in [6.45, 7) is 8.44. The van der Waals surface area contributed by atoms with Crippen LogP contribution in [-0.2, 0) is 9.59 Å². The Bertz CT molecular complexity index is 284. The molecule has 0 rings (SSSR count). The molecule has 0 aromatic rings. The minimum Gasteiger partial charge on any atom is -0.388 e. The lowest BCUT2D eigenvalue weighted by atomic mass is 9.99. The van der Waals surface area contributed by atoms with Crippen molar-refractivity contribution in [2.45, 2.75) is 58.7 Å². The number of aliphatic hydroxyl groups is 1. The molecule has 0 aromatic carbocycles. The highest BCUT2D eigenvalue weighted by Crippen LogP contribution is 2.14. The molecule has 0 saturated carbocycles. The molecule has 5 heteroatoms. The van der Waals surface area contributed by atoms with Crippen LogP contribution in [0.15, 0.2) is 0 Å². The van der Waals surface area contributed by atoms with Gasteiger partial charge in [-0.15, -0.1) is 0 Å². The molecule has 2 atom stereocenters. The fourth-order valence-electron chi connectivity index (χ4n) is 1.38. The van der Waals surface area contributed by atoms with Crippen molar-refractivity contribution in [3.63, 3.8) is 0 Å². The van der Waals surface area contributed by atoms with Crippen LogP contribution in [0, 0.1) is 0 Å². The van der Waals surface area contributed by atoms with Crippen molar-refractivity contribution in [3.05, 3.63) is 0 Å². The summed E-state index contributed by atoms with van der Waals surface area (Å²) < 4.78 is 0. The Hall–Kier alpha value is -1.10. The minimum atomic E-state index is -0.973. The zero-order valence-corrected chi connectivity index (χ0v) is 11.6. The van der Waals surface area contributed by atoms with Crippen molar-refractivity contribution in [2.75, 3.05) is 7.05 Å². The molecule has 0 fully saturated rings. The van der Waals surface area contributed by atoms with Gasteiger partial charge in [-0.25, -0.2) is 0 Å². The lowest BCUT2D eigenvalue weighted by Crippen LogP contribution is -2.53. The molecule has 0 spiro atoms. The number of likely N-dealkylation sites (N-methyl/N-ethyl adjacent to an activating group) is 1. The first-order valence-electron chi connectivity index (χ1n) is 5.89. The fraction of sp³-hybridized carbons (Fsp3) is 0.833. The SMILES string of the molecule is CCC(=O)NC(C)C(=O)N(C)C(C)C(C)(C)O. The summed E-state index contributed by atoms with van der Waals surface area (Å²) in [5, 5.41) is 12.4. The molecular formula is C12H24N2O3. The molecule has 0 aliphatic rings. The molecule has 0 aliphatic heterocycles. The van der Waals surface area contributed by atoms with E-state index in [1.807, 2.05) is 0 Å². The van der Waals surface area contributed by atoms with E-state index in [-0.39, 0.29) is 17.9 Å². The lowest BCUT2D eigenvalue weighted by Gasteiger charge is -2.35. The summed E-state index contributed by atoms with van der Waals surface area (Å²) in [6, 6.07) is -0.895. The Kier molecular flexibility index (Phi) is 5.61. The third kappa shape index (κ3) is 4.73. The largest absolute Gasteiger partial charge is 0.388 e. The van der Waals surface area contributed by atoms with Crippen LogP contribution in [0.4, 0.5) is 0 Å². The number of carbonyl (C=O) groups is 2. The van der Waals surface area contributed by atoms with E-state index in [0.717, 1.165) is 0 Å². The van der Waals surface area contributed by atoms with Crippen LogP contribution in [0.2, 0.25) is 0 Å².